The van der Waals surface area contributed by atoms with Crippen molar-refractivity contribution in [3.63, 3.8) is 0 Å². The van der Waals surface area contributed by atoms with Crippen molar-refractivity contribution in [3.8, 4) is 0 Å². The molecule has 10 heteroatoms. The van der Waals surface area contributed by atoms with Crippen LogP contribution in [0.4, 0.5) is 0 Å². The summed E-state index contributed by atoms with van der Waals surface area (Å²) in [6, 6.07) is 0. The fourth-order valence-corrected chi connectivity index (χ4v) is 2.08. The Bertz CT molecular complexity index is 381. The Kier molecular flexibility index (Phi) is 1.90. The molecular weight excluding hydrogens is 238 g/mol. The molecule has 0 saturated heterocycles. The first kappa shape index (κ1) is 9.61. The van der Waals surface area contributed by atoms with Gasteiger partial charge in [-0.15, -0.1) is 0 Å². The molecule has 2 aliphatic rings. The van der Waals surface area contributed by atoms with Gasteiger partial charge in [-0.05, 0) is 0 Å². The molecule has 2 atom stereocenters. The van der Waals surface area contributed by atoms with E-state index in [1.807, 2.05) is 0 Å². The lowest BCUT2D eigenvalue weighted by Gasteiger charge is -2.04. The summed E-state index contributed by atoms with van der Waals surface area (Å²) < 4.78 is 38.7. The van der Waals surface area contributed by atoms with Gasteiger partial charge < -0.3 is 18.1 Å². The van der Waals surface area contributed by atoms with Crippen LogP contribution in [0, 0.1) is 0 Å². The van der Waals surface area contributed by atoms with Crippen molar-refractivity contribution in [2.24, 2.45) is 0 Å². The molecule has 0 aromatic heterocycles. The van der Waals surface area contributed by atoms with E-state index in [1.165, 1.54) is 0 Å². The third-order valence-corrected chi connectivity index (χ3v) is 2.85. The van der Waals surface area contributed by atoms with Crippen molar-refractivity contribution in [1.82, 2.24) is 0 Å². The minimum atomic E-state index is -4.13. The fraction of sp³-hybridized carbons (Fsp3) is 0. The zero-order valence-electron chi connectivity index (χ0n) is 6.39. The molecule has 0 bridgehead atoms. The number of phosphoric acid groups is 2. The number of hydrogen-bond donors (Lipinski definition) is 2. The second-order valence-electron chi connectivity index (χ2n) is 2.29. The zero-order valence-corrected chi connectivity index (χ0v) is 8.18. The molecule has 2 heterocycles. The van der Waals surface area contributed by atoms with Crippen LogP contribution in [0.2, 0.25) is 0 Å². The average molecular weight is 242 g/mol. The van der Waals surface area contributed by atoms with Crippen LogP contribution in [-0.2, 0) is 27.2 Å². The van der Waals surface area contributed by atoms with Gasteiger partial charge in [-0.25, -0.2) is 9.13 Å². The van der Waals surface area contributed by atoms with Gasteiger partial charge in [0.05, 0.1) is 0 Å². The van der Waals surface area contributed by atoms with Crippen LogP contribution in [0.1, 0.15) is 0 Å². The maximum atomic E-state index is 10.7. The van der Waals surface area contributed by atoms with Crippen LogP contribution < -0.4 is 0 Å². The minimum absolute atomic E-state index is 0.275. The normalized spacial score (nSPS) is 40.1. The van der Waals surface area contributed by atoms with Gasteiger partial charge in [-0.1, -0.05) is 0 Å². The molecule has 2 rings (SSSR count). The van der Waals surface area contributed by atoms with Gasteiger partial charge in [0.25, 0.3) is 0 Å². The smallest absolute Gasteiger partial charge is 0.399 e. The van der Waals surface area contributed by atoms with Crippen LogP contribution in [0.25, 0.3) is 0 Å². The Morgan fingerprint density at radius 1 is 0.929 bits per heavy atom. The van der Waals surface area contributed by atoms with Crippen LogP contribution in [-0.4, -0.2) is 9.79 Å². The van der Waals surface area contributed by atoms with Gasteiger partial charge in [0.2, 0.25) is 11.5 Å². The van der Waals surface area contributed by atoms with Gasteiger partial charge in [0, 0.05) is 0 Å². The third-order valence-electron chi connectivity index (χ3n) is 1.26. The highest BCUT2D eigenvalue weighted by Gasteiger charge is 2.40. The van der Waals surface area contributed by atoms with Gasteiger partial charge in [-0.3, -0.25) is 9.79 Å². The Morgan fingerprint density at radius 3 is 1.50 bits per heavy atom. The summed E-state index contributed by atoms with van der Waals surface area (Å²) in [6.45, 7) is 0. The summed E-state index contributed by atoms with van der Waals surface area (Å²) in [7, 11) is -8.27. The fourth-order valence-electron chi connectivity index (χ4n) is 0.770. The molecule has 0 fully saturated rings. The second kappa shape index (κ2) is 2.77. The van der Waals surface area contributed by atoms with Gasteiger partial charge in [0.1, 0.15) is 12.5 Å². The van der Waals surface area contributed by atoms with Crippen LogP contribution in [0.5, 0.6) is 0 Å². The molecule has 2 aliphatic heterocycles. The molecule has 0 aromatic carbocycles. The van der Waals surface area contributed by atoms with Crippen LogP contribution in [0.15, 0.2) is 24.0 Å². The van der Waals surface area contributed by atoms with Crippen molar-refractivity contribution >= 4 is 15.6 Å². The third kappa shape index (κ3) is 1.78. The van der Waals surface area contributed by atoms with E-state index in [2.05, 4.69) is 18.1 Å². The molecule has 0 spiro atoms. The quantitative estimate of drug-likeness (QED) is 0.654. The van der Waals surface area contributed by atoms with Crippen molar-refractivity contribution in [2.75, 3.05) is 0 Å². The van der Waals surface area contributed by atoms with Gasteiger partial charge in [0.15, 0.2) is 0 Å². The molecule has 2 N–H and O–H groups in total. The number of phosphoric ester groups is 2. The first-order valence-electron chi connectivity index (χ1n) is 3.20. The highest BCUT2D eigenvalue weighted by atomic mass is 31.2. The predicted octanol–water partition coefficient (Wildman–Crippen LogP) is 0.964. The lowest BCUT2D eigenvalue weighted by molar-refractivity contribution is 0.246. The number of rotatable bonds is 1. The summed E-state index contributed by atoms with van der Waals surface area (Å²) in [5.74, 6) is -0.551. The summed E-state index contributed by atoms with van der Waals surface area (Å²) in [4.78, 5) is 17.5. The topological polar surface area (TPSA) is 112 Å². The molecule has 78 valence electrons. The minimum Gasteiger partial charge on any atom is -0.399 e. The Balaban J connectivity index is 2.14. The maximum absolute atomic E-state index is 10.7. The Labute approximate surface area is 77.6 Å². The largest absolute Gasteiger partial charge is 0.584 e. The molecule has 0 aromatic rings. The first-order valence-corrected chi connectivity index (χ1v) is 6.19. The maximum Gasteiger partial charge on any atom is 0.584 e. The molecule has 8 nitrogen and oxygen atoms in total. The second-order valence-corrected chi connectivity index (χ2v) is 4.96. The molecule has 0 saturated carbocycles. The van der Waals surface area contributed by atoms with Crippen molar-refractivity contribution < 1.29 is 37.0 Å². The molecule has 0 aliphatic carbocycles. The standard InChI is InChI=1S/C4H4O8P2/c5-13(6)9-1-3(11-13)4-2-10-14(7,8)12-4/h1-2H,(H,5,6)(H,7,8). The van der Waals surface area contributed by atoms with Gasteiger partial charge in [-0.2, -0.15) is 0 Å². The molecule has 2 unspecified atom stereocenters. The van der Waals surface area contributed by atoms with Crippen molar-refractivity contribution in [1.29, 1.82) is 0 Å². The molecule has 14 heavy (non-hydrogen) atoms. The lowest BCUT2D eigenvalue weighted by Crippen LogP contribution is -1.89. The van der Waals surface area contributed by atoms with Crippen LogP contribution in [0.3, 0.4) is 0 Å². The van der Waals surface area contributed by atoms with E-state index in [0.29, 0.717) is 0 Å². The monoisotopic (exact) mass is 242 g/mol. The van der Waals surface area contributed by atoms with Crippen molar-refractivity contribution in [2.45, 2.75) is 0 Å². The van der Waals surface area contributed by atoms with E-state index < -0.39 is 15.6 Å². The Hall–Kier alpha value is -0.940. The van der Waals surface area contributed by atoms with E-state index in [-0.39, 0.29) is 11.5 Å². The molecular formula is C4H4O8P2. The SMILES string of the molecule is O=P1(O)OC=C(C2=COP(=O)(O)O2)O1. The van der Waals surface area contributed by atoms with Crippen LogP contribution >= 0.6 is 15.6 Å². The first-order chi connectivity index (χ1) is 6.38. The molecule has 0 amide bonds. The van der Waals surface area contributed by atoms with E-state index in [1.54, 1.807) is 0 Å². The lowest BCUT2D eigenvalue weighted by atomic mass is 10.5. The number of hydrogen-bond acceptors (Lipinski definition) is 6. The average Bonchev–Trinajstić information content (AvgIpc) is 2.54. The summed E-state index contributed by atoms with van der Waals surface area (Å²) in [5, 5.41) is 0. The summed E-state index contributed by atoms with van der Waals surface area (Å²) in [5.41, 5.74) is 0. The predicted molar refractivity (Wildman–Crippen MR) is 40.2 cm³/mol. The highest BCUT2D eigenvalue weighted by Crippen LogP contribution is 2.57. The highest BCUT2D eigenvalue weighted by molar-refractivity contribution is 7.48. The summed E-state index contributed by atoms with van der Waals surface area (Å²) in [6.07, 6.45) is 1.59. The van der Waals surface area contributed by atoms with Gasteiger partial charge >= 0.3 is 15.6 Å². The Morgan fingerprint density at radius 2 is 1.29 bits per heavy atom. The van der Waals surface area contributed by atoms with E-state index in [9.17, 15) is 9.13 Å². The van der Waals surface area contributed by atoms with E-state index in [4.69, 9.17) is 9.79 Å². The summed E-state index contributed by atoms with van der Waals surface area (Å²) >= 11 is 0. The van der Waals surface area contributed by atoms with E-state index in [0.717, 1.165) is 12.5 Å². The zero-order chi connectivity index (χ0) is 10.4. The van der Waals surface area contributed by atoms with Crippen molar-refractivity contribution in [3.05, 3.63) is 24.0 Å². The van der Waals surface area contributed by atoms with E-state index >= 15 is 0 Å². The molecule has 0 radical (unpaired) electrons.